The van der Waals surface area contributed by atoms with Crippen molar-refractivity contribution in [2.45, 2.75) is 18.8 Å². The molecule has 0 bridgehead atoms. The maximum absolute atomic E-state index is 13.1. The van der Waals surface area contributed by atoms with Crippen molar-refractivity contribution in [1.29, 1.82) is 0 Å². The van der Waals surface area contributed by atoms with Gasteiger partial charge in [0.15, 0.2) is 0 Å². The van der Waals surface area contributed by atoms with Crippen LogP contribution < -0.4 is 0 Å². The second kappa shape index (κ2) is 3.95. The SMILES string of the molecule is Fc1ccc([C@@H]2CCc3cc(F)ccc32)cc1. The number of benzene rings is 2. The van der Waals surface area contributed by atoms with Crippen LogP contribution in [-0.4, -0.2) is 0 Å². The van der Waals surface area contributed by atoms with E-state index in [0.29, 0.717) is 0 Å². The van der Waals surface area contributed by atoms with Gasteiger partial charge < -0.3 is 0 Å². The highest BCUT2D eigenvalue weighted by molar-refractivity contribution is 5.42. The maximum atomic E-state index is 13.1. The van der Waals surface area contributed by atoms with Gasteiger partial charge in [0, 0.05) is 5.92 Å². The van der Waals surface area contributed by atoms with Gasteiger partial charge >= 0.3 is 0 Å². The first-order chi connectivity index (χ1) is 8.24. The molecule has 0 radical (unpaired) electrons. The Kier molecular flexibility index (Phi) is 2.43. The Bertz CT molecular complexity index is 543. The molecule has 0 N–H and O–H groups in total. The summed E-state index contributed by atoms with van der Waals surface area (Å²) in [4.78, 5) is 0. The van der Waals surface area contributed by atoms with Crippen molar-refractivity contribution >= 4 is 0 Å². The van der Waals surface area contributed by atoms with E-state index in [-0.39, 0.29) is 17.6 Å². The van der Waals surface area contributed by atoms with Crippen LogP contribution in [0.4, 0.5) is 8.78 Å². The van der Waals surface area contributed by atoms with E-state index in [2.05, 4.69) is 0 Å². The van der Waals surface area contributed by atoms with Gasteiger partial charge in [-0.05, 0) is 53.8 Å². The first-order valence-electron chi connectivity index (χ1n) is 5.78. The van der Waals surface area contributed by atoms with E-state index < -0.39 is 0 Å². The predicted molar refractivity (Wildman–Crippen MR) is 63.0 cm³/mol. The molecule has 0 amide bonds. The van der Waals surface area contributed by atoms with Gasteiger partial charge in [0.1, 0.15) is 11.6 Å². The van der Waals surface area contributed by atoms with E-state index in [1.165, 1.54) is 23.8 Å². The van der Waals surface area contributed by atoms with Gasteiger partial charge in [0.25, 0.3) is 0 Å². The van der Waals surface area contributed by atoms with Gasteiger partial charge in [-0.15, -0.1) is 0 Å². The molecule has 0 saturated heterocycles. The number of fused-ring (bicyclic) bond motifs is 1. The number of hydrogen-bond acceptors (Lipinski definition) is 0. The van der Waals surface area contributed by atoms with Gasteiger partial charge in [-0.25, -0.2) is 8.78 Å². The Morgan fingerprint density at radius 1 is 0.882 bits per heavy atom. The minimum absolute atomic E-state index is 0.177. The van der Waals surface area contributed by atoms with Crippen molar-refractivity contribution in [2.24, 2.45) is 0 Å². The van der Waals surface area contributed by atoms with Crippen LogP contribution in [0.5, 0.6) is 0 Å². The van der Waals surface area contributed by atoms with E-state index in [0.717, 1.165) is 24.0 Å². The number of rotatable bonds is 1. The predicted octanol–water partition coefficient (Wildman–Crippen LogP) is 4.04. The molecule has 1 aliphatic rings. The van der Waals surface area contributed by atoms with Crippen LogP contribution in [0.15, 0.2) is 42.5 Å². The van der Waals surface area contributed by atoms with E-state index in [9.17, 15) is 8.78 Å². The fourth-order valence-electron chi connectivity index (χ4n) is 2.63. The van der Waals surface area contributed by atoms with Crippen LogP contribution in [-0.2, 0) is 6.42 Å². The Morgan fingerprint density at radius 2 is 1.59 bits per heavy atom. The molecule has 0 fully saturated rings. The first-order valence-corrected chi connectivity index (χ1v) is 5.78. The molecule has 17 heavy (non-hydrogen) atoms. The second-order valence-corrected chi connectivity index (χ2v) is 4.49. The zero-order valence-electron chi connectivity index (χ0n) is 9.29. The minimum Gasteiger partial charge on any atom is -0.207 e. The summed E-state index contributed by atoms with van der Waals surface area (Å²) in [6.07, 6.45) is 1.87. The Balaban J connectivity index is 2.01. The molecular weight excluding hydrogens is 218 g/mol. The molecule has 1 aliphatic carbocycles. The Morgan fingerprint density at radius 3 is 2.35 bits per heavy atom. The lowest BCUT2D eigenvalue weighted by molar-refractivity contribution is 0.626. The highest BCUT2D eigenvalue weighted by atomic mass is 19.1. The van der Waals surface area contributed by atoms with Gasteiger partial charge in [-0.3, -0.25) is 0 Å². The lowest BCUT2D eigenvalue weighted by Crippen LogP contribution is -1.96. The molecule has 0 spiro atoms. The van der Waals surface area contributed by atoms with Gasteiger partial charge in [0.05, 0.1) is 0 Å². The quantitative estimate of drug-likeness (QED) is 0.693. The third-order valence-electron chi connectivity index (χ3n) is 3.46. The van der Waals surface area contributed by atoms with Crippen LogP contribution in [0, 0.1) is 11.6 Å². The smallest absolute Gasteiger partial charge is 0.123 e. The lowest BCUT2D eigenvalue weighted by Gasteiger charge is -2.11. The van der Waals surface area contributed by atoms with Crippen LogP contribution in [0.3, 0.4) is 0 Å². The molecular formula is C15H12F2. The van der Waals surface area contributed by atoms with Crippen molar-refractivity contribution in [3.05, 3.63) is 70.8 Å². The summed E-state index contributed by atoms with van der Waals surface area (Å²) >= 11 is 0. The average molecular weight is 230 g/mol. The first kappa shape index (κ1) is 10.5. The van der Waals surface area contributed by atoms with E-state index >= 15 is 0 Å². The molecule has 1 atom stereocenters. The fraction of sp³-hybridized carbons (Fsp3) is 0.200. The molecule has 0 aliphatic heterocycles. The Hall–Kier alpha value is -1.70. The van der Waals surface area contributed by atoms with Crippen LogP contribution in [0.1, 0.15) is 29.0 Å². The topological polar surface area (TPSA) is 0 Å². The molecule has 2 heteroatoms. The molecule has 2 aromatic carbocycles. The van der Waals surface area contributed by atoms with Gasteiger partial charge in [0.2, 0.25) is 0 Å². The Labute approximate surface area is 98.9 Å². The summed E-state index contributed by atoms with van der Waals surface area (Å²) in [5, 5.41) is 0. The van der Waals surface area contributed by atoms with Gasteiger partial charge in [-0.1, -0.05) is 18.2 Å². The van der Waals surface area contributed by atoms with E-state index in [4.69, 9.17) is 0 Å². The lowest BCUT2D eigenvalue weighted by atomic mass is 9.93. The molecule has 0 saturated carbocycles. The molecule has 0 heterocycles. The second-order valence-electron chi connectivity index (χ2n) is 4.49. The molecule has 0 unspecified atom stereocenters. The average Bonchev–Trinajstić information content (AvgIpc) is 2.73. The number of halogens is 2. The van der Waals surface area contributed by atoms with Crippen LogP contribution >= 0.6 is 0 Å². The molecule has 86 valence electrons. The zero-order chi connectivity index (χ0) is 11.8. The molecule has 3 rings (SSSR count). The molecule has 2 aromatic rings. The number of aryl methyl sites for hydroxylation is 1. The van der Waals surface area contributed by atoms with Crippen molar-refractivity contribution in [2.75, 3.05) is 0 Å². The summed E-state index contributed by atoms with van der Waals surface area (Å²) in [5.41, 5.74) is 3.37. The summed E-state index contributed by atoms with van der Waals surface area (Å²) in [7, 11) is 0. The van der Waals surface area contributed by atoms with Crippen molar-refractivity contribution in [3.8, 4) is 0 Å². The van der Waals surface area contributed by atoms with Crippen molar-refractivity contribution in [1.82, 2.24) is 0 Å². The maximum Gasteiger partial charge on any atom is 0.123 e. The summed E-state index contributed by atoms with van der Waals surface area (Å²) < 4.78 is 26.0. The standard InChI is InChI=1S/C15H12F2/c16-12-4-1-10(2-5-12)14-7-3-11-9-13(17)6-8-15(11)14/h1-2,4-6,8-9,14H,3,7H2/t14-/m0/s1. The largest absolute Gasteiger partial charge is 0.207 e. The fourth-order valence-corrected chi connectivity index (χ4v) is 2.63. The summed E-state index contributed by atoms with van der Waals surface area (Å²) in [6.45, 7) is 0. The van der Waals surface area contributed by atoms with Crippen molar-refractivity contribution < 1.29 is 8.78 Å². The highest BCUT2D eigenvalue weighted by Gasteiger charge is 2.23. The van der Waals surface area contributed by atoms with Gasteiger partial charge in [-0.2, -0.15) is 0 Å². The number of hydrogen-bond donors (Lipinski definition) is 0. The zero-order valence-corrected chi connectivity index (χ0v) is 9.29. The van der Waals surface area contributed by atoms with Crippen molar-refractivity contribution in [3.63, 3.8) is 0 Å². The molecule has 0 aromatic heterocycles. The normalized spacial score (nSPS) is 18.1. The third-order valence-corrected chi connectivity index (χ3v) is 3.46. The van der Waals surface area contributed by atoms with E-state index in [1.807, 2.05) is 18.2 Å². The third kappa shape index (κ3) is 1.84. The van der Waals surface area contributed by atoms with Crippen LogP contribution in [0.2, 0.25) is 0 Å². The molecule has 0 nitrogen and oxygen atoms in total. The minimum atomic E-state index is -0.217. The monoisotopic (exact) mass is 230 g/mol. The highest BCUT2D eigenvalue weighted by Crippen LogP contribution is 2.38. The van der Waals surface area contributed by atoms with Crippen LogP contribution in [0.25, 0.3) is 0 Å². The summed E-state index contributed by atoms with van der Waals surface area (Å²) in [6, 6.07) is 11.6. The summed E-state index contributed by atoms with van der Waals surface area (Å²) in [5.74, 6) is -0.110. The van der Waals surface area contributed by atoms with E-state index in [1.54, 1.807) is 6.07 Å².